The number of carbonyl (C=O) groups excluding carboxylic acids is 1. The lowest BCUT2D eigenvalue weighted by Crippen LogP contribution is -3.07. The molecule has 0 unspecified atom stereocenters. The van der Waals surface area contributed by atoms with E-state index in [1.807, 2.05) is 44.4 Å². The van der Waals surface area contributed by atoms with Crippen LogP contribution in [-0.2, 0) is 11.3 Å². The van der Waals surface area contributed by atoms with Gasteiger partial charge in [-0.05, 0) is 36.4 Å². The van der Waals surface area contributed by atoms with E-state index >= 15 is 0 Å². The molecule has 146 valence electrons. The number of hydrogen-bond donors (Lipinski definition) is 2. The van der Waals surface area contributed by atoms with Crippen LogP contribution in [0.4, 0.5) is 0 Å². The molecule has 2 aromatic carbocycles. The fourth-order valence-electron chi connectivity index (χ4n) is 3.14. The minimum Gasteiger partial charge on any atom is -0.497 e. The van der Waals surface area contributed by atoms with Crippen LogP contribution in [0.5, 0.6) is 5.75 Å². The third kappa shape index (κ3) is 4.37. The number of nitrogens with one attached hydrogen (secondary N) is 2. The van der Waals surface area contributed by atoms with Gasteiger partial charge in [0.05, 0.1) is 45.0 Å². The summed E-state index contributed by atoms with van der Waals surface area (Å²) in [7, 11) is 5.71. The predicted molar refractivity (Wildman–Crippen MR) is 108 cm³/mol. The Morgan fingerprint density at radius 2 is 1.89 bits per heavy atom. The molecule has 2 N–H and O–H groups in total. The molecular weight excluding hydrogens is 356 g/mol. The van der Waals surface area contributed by atoms with Gasteiger partial charge in [0.25, 0.3) is 5.56 Å². The molecule has 3 aromatic rings. The number of amides is 1. The van der Waals surface area contributed by atoms with Gasteiger partial charge in [-0.3, -0.25) is 14.2 Å². The summed E-state index contributed by atoms with van der Waals surface area (Å²) in [6.07, 6.45) is 1.42. The molecule has 0 fully saturated rings. The highest BCUT2D eigenvalue weighted by molar-refractivity contribution is 5.78. The second kappa shape index (κ2) is 8.67. The van der Waals surface area contributed by atoms with E-state index in [0.717, 1.165) is 11.3 Å². The van der Waals surface area contributed by atoms with Crippen LogP contribution in [-0.4, -0.2) is 43.2 Å². The Bertz CT molecular complexity index is 1010. The lowest BCUT2D eigenvalue weighted by Gasteiger charge is -2.22. The molecule has 7 nitrogen and oxygen atoms in total. The third-order valence-corrected chi connectivity index (χ3v) is 4.76. The molecule has 0 saturated carbocycles. The normalized spacial score (nSPS) is 12.1. The summed E-state index contributed by atoms with van der Waals surface area (Å²) in [5.41, 5.74) is 1.51. The van der Waals surface area contributed by atoms with E-state index in [1.165, 1.54) is 15.8 Å². The zero-order valence-electron chi connectivity index (χ0n) is 16.3. The highest BCUT2D eigenvalue weighted by atomic mass is 16.5. The molecule has 0 saturated heterocycles. The number of aromatic nitrogens is 2. The van der Waals surface area contributed by atoms with Crippen LogP contribution in [0.25, 0.3) is 10.9 Å². The van der Waals surface area contributed by atoms with Crippen molar-refractivity contribution in [3.05, 3.63) is 70.8 Å². The van der Waals surface area contributed by atoms with Crippen molar-refractivity contribution in [3.63, 3.8) is 0 Å². The van der Waals surface area contributed by atoms with Crippen molar-refractivity contribution in [2.24, 2.45) is 0 Å². The number of rotatable bonds is 7. The Kier molecular flexibility index (Phi) is 6.06. The zero-order chi connectivity index (χ0) is 20.1. The third-order valence-electron chi connectivity index (χ3n) is 4.76. The number of carbonyl (C=O) groups is 1. The summed E-state index contributed by atoms with van der Waals surface area (Å²) in [6, 6.07) is 15.0. The molecule has 0 spiro atoms. The molecule has 1 atom stereocenters. The molecule has 0 aliphatic heterocycles. The first-order valence-electron chi connectivity index (χ1n) is 9.14. The van der Waals surface area contributed by atoms with E-state index < -0.39 is 0 Å². The fraction of sp³-hybridized carbons (Fsp3) is 0.286. The maximum Gasteiger partial charge on any atom is 0.261 e. The van der Waals surface area contributed by atoms with Crippen molar-refractivity contribution < 1.29 is 14.4 Å². The van der Waals surface area contributed by atoms with Gasteiger partial charge in [-0.2, -0.15) is 0 Å². The summed E-state index contributed by atoms with van der Waals surface area (Å²) in [5, 5.41) is 3.44. The summed E-state index contributed by atoms with van der Waals surface area (Å²) in [5.74, 6) is 0.572. The van der Waals surface area contributed by atoms with E-state index in [2.05, 4.69) is 10.3 Å². The molecule has 7 heteroatoms. The minimum atomic E-state index is -0.223. The van der Waals surface area contributed by atoms with E-state index in [-0.39, 0.29) is 24.1 Å². The Morgan fingerprint density at radius 3 is 2.57 bits per heavy atom. The Hall–Kier alpha value is -3.19. The van der Waals surface area contributed by atoms with Crippen molar-refractivity contribution in [2.45, 2.75) is 12.6 Å². The van der Waals surface area contributed by atoms with Gasteiger partial charge >= 0.3 is 0 Å². The molecule has 1 amide bonds. The molecule has 0 radical (unpaired) electrons. The number of benzene rings is 2. The van der Waals surface area contributed by atoms with E-state index in [1.54, 1.807) is 25.3 Å². The summed E-state index contributed by atoms with van der Waals surface area (Å²) < 4.78 is 6.54. The van der Waals surface area contributed by atoms with Gasteiger partial charge in [-0.15, -0.1) is 0 Å². The van der Waals surface area contributed by atoms with Gasteiger partial charge in [-0.1, -0.05) is 12.1 Å². The maximum atomic E-state index is 12.5. The second-order valence-corrected chi connectivity index (χ2v) is 6.90. The van der Waals surface area contributed by atoms with Gasteiger partial charge in [-0.25, -0.2) is 4.98 Å². The summed E-state index contributed by atoms with van der Waals surface area (Å²) in [6.45, 7) is 0.401. The van der Waals surface area contributed by atoms with Crippen LogP contribution in [0.1, 0.15) is 11.6 Å². The highest BCUT2D eigenvalue weighted by Crippen LogP contribution is 2.15. The first kappa shape index (κ1) is 19.6. The molecule has 0 aliphatic rings. The number of fused-ring (bicyclic) bond motifs is 1. The molecular formula is C21H25N4O3+. The van der Waals surface area contributed by atoms with Gasteiger partial charge in [0, 0.05) is 5.56 Å². The predicted octanol–water partition coefficient (Wildman–Crippen LogP) is 0.407. The molecule has 1 heterocycles. The lowest BCUT2D eigenvalue weighted by atomic mass is 10.1. The number of quaternary nitrogens is 1. The average molecular weight is 381 g/mol. The maximum absolute atomic E-state index is 12.5. The number of hydrogen-bond acceptors (Lipinski definition) is 4. The minimum absolute atomic E-state index is 0.0608. The molecule has 28 heavy (non-hydrogen) atoms. The quantitative estimate of drug-likeness (QED) is 0.621. The van der Waals surface area contributed by atoms with Gasteiger partial charge in [0.2, 0.25) is 5.91 Å². The lowest BCUT2D eigenvalue weighted by molar-refractivity contribution is -0.890. The van der Waals surface area contributed by atoms with Gasteiger partial charge in [0.15, 0.2) is 0 Å². The van der Waals surface area contributed by atoms with Crippen LogP contribution < -0.4 is 20.5 Å². The SMILES string of the molecule is COc1ccc([C@@H](CNC(=O)Cn2cnc3ccccc3c2=O)[NH+](C)C)cc1. The van der Waals surface area contributed by atoms with Crippen molar-refractivity contribution >= 4 is 16.8 Å². The van der Waals surface area contributed by atoms with E-state index in [0.29, 0.717) is 17.4 Å². The van der Waals surface area contributed by atoms with Crippen LogP contribution in [0.3, 0.4) is 0 Å². The van der Waals surface area contributed by atoms with Crippen LogP contribution in [0.15, 0.2) is 59.7 Å². The fourth-order valence-corrected chi connectivity index (χ4v) is 3.14. The summed E-state index contributed by atoms with van der Waals surface area (Å²) in [4.78, 5) is 30.4. The average Bonchev–Trinajstić information content (AvgIpc) is 2.70. The summed E-state index contributed by atoms with van der Waals surface area (Å²) >= 11 is 0. The smallest absolute Gasteiger partial charge is 0.261 e. The highest BCUT2D eigenvalue weighted by Gasteiger charge is 2.19. The van der Waals surface area contributed by atoms with Gasteiger partial charge < -0.3 is 15.0 Å². The van der Waals surface area contributed by atoms with Crippen LogP contribution >= 0.6 is 0 Å². The van der Waals surface area contributed by atoms with Gasteiger partial charge in [0.1, 0.15) is 18.3 Å². The van der Waals surface area contributed by atoms with Crippen LogP contribution in [0, 0.1) is 0 Å². The largest absolute Gasteiger partial charge is 0.497 e. The molecule has 0 bridgehead atoms. The Labute approximate surface area is 163 Å². The van der Waals surface area contributed by atoms with Crippen molar-refractivity contribution in [3.8, 4) is 5.75 Å². The first-order chi connectivity index (χ1) is 13.5. The number of nitrogens with zero attached hydrogens (tertiary/aromatic N) is 2. The van der Waals surface area contributed by atoms with Crippen molar-refractivity contribution in [1.29, 1.82) is 0 Å². The molecule has 0 aliphatic carbocycles. The monoisotopic (exact) mass is 381 g/mol. The number of para-hydroxylation sites is 1. The number of ether oxygens (including phenoxy) is 1. The van der Waals surface area contributed by atoms with Crippen molar-refractivity contribution in [2.75, 3.05) is 27.7 Å². The van der Waals surface area contributed by atoms with Crippen molar-refractivity contribution in [1.82, 2.24) is 14.9 Å². The second-order valence-electron chi connectivity index (χ2n) is 6.90. The Morgan fingerprint density at radius 1 is 1.18 bits per heavy atom. The molecule has 3 rings (SSSR count). The molecule has 1 aromatic heterocycles. The van der Waals surface area contributed by atoms with E-state index in [9.17, 15) is 9.59 Å². The zero-order valence-corrected chi connectivity index (χ0v) is 16.3. The number of methoxy groups -OCH3 is 1. The van der Waals surface area contributed by atoms with Crippen LogP contribution in [0.2, 0.25) is 0 Å². The first-order valence-corrected chi connectivity index (χ1v) is 9.14. The standard InChI is InChI=1S/C21H24N4O3/c1-24(2)19(15-8-10-16(28-3)11-9-15)12-22-20(26)13-25-14-23-18-7-5-4-6-17(18)21(25)27/h4-11,14,19H,12-13H2,1-3H3,(H,22,26)/p+1/t19-/m1/s1. The Balaban J connectivity index is 1.68. The topological polar surface area (TPSA) is 77.7 Å². The number of likely N-dealkylation sites (N-methyl/N-ethyl adjacent to an activating group) is 1. The van der Waals surface area contributed by atoms with E-state index in [4.69, 9.17) is 4.74 Å².